The molecule has 6 nitrogen and oxygen atoms in total. The monoisotopic (exact) mass is 310 g/mol. The maximum atomic E-state index is 12.1. The summed E-state index contributed by atoms with van der Waals surface area (Å²) < 4.78 is 0. The van der Waals surface area contributed by atoms with Crippen LogP contribution >= 0.6 is 11.3 Å². The van der Waals surface area contributed by atoms with Gasteiger partial charge >= 0.3 is 6.03 Å². The molecule has 0 bridgehead atoms. The van der Waals surface area contributed by atoms with Gasteiger partial charge in [0.25, 0.3) is 0 Å². The number of aromatic nitrogens is 1. The zero-order chi connectivity index (χ0) is 16.0. The first-order valence-corrected chi connectivity index (χ1v) is 7.43. The minimum absolute atomic E-state index is 0.0490. The Bertz CT molecular complexity index is 519. The van der Waals surface area contributed by atoms with Crippen molar-refractivity contribution in [2.45, 2.75) is 33.2 Å². The highest BCUT2D eigenvalue weighted by atomic mass is 32.1. The summed E-state index contributed by atoms with van der Waals surface area (Å²) >= 11 is 1.39. The van der Waals surface area contributed by atoms with Crippen LogP contribution in [-0.4, -0.2) is 40.5 Å². The van der Waals surface area contributed by atoms with Gasteiger partial charge in [0.05, 0.1) is 0 Å². The minimum Gasteiger partial charge on any atom is -0.333 e. The van der Waals surface area contributed by atoms with E-state index < -0.39 is 0 Å². The molecule has 0 aliphatic carbocycles. The third-order valence-corrected chi connectivity index (χ3v) is 3.15. The lowest BCUT2D eigenvalue weighted by molar-refractivity contribution is -0.116. The van der Waals surface area contributed by atoms with Gasteiger partial charge in [-0.15, -0.1) is 17.9 Å². The quantitative estimate of drug-likeness (QED) is 0.820. The number of carbonyl (C=O) groups excluding carboxylic acids is 2. The third-order valence-electron chi connectivity index (χ3n) is 2.32. The average Bonchev–Trinajstić information content (AvgIpc) is 2.71. The fourth-order valence-corrected chi connectivity index (χ4v) is 2.20. The van der Waals surface area contributed by atoms with E-state index >= 15 is 0 Å². The Hall–Kier alpha value is -1.89. The van der Waals surface area contributed by atoms with E-state index in [9.17, 15) is 9.59 Å². The Kier molecular flexibility index (Phi) is 5.90. The molecule has 2 N–H and O–H groups in total. The normalized spacial score (nSPS) is 10.9. The lowest BCUT2D eigenvalue weighted by Crippen LogP contribution is -2.50. The summed E-state index contributed by atoms with van der Waals surface area (Å²) in [5, 5.41) is 6.04. The van der Waals surface area contributed by atoms with Crippen molar-refractivity contribution in [1.82, 2.24) is 15.2 Å². The van der Waals surface area contributed by atoms with Crippen molar-refractivity contribution in [2.24, 2.45) is 0 Å². The van der Waals surface area contributed by atoms with E-state index in [-0.39, 0.29) is 24.0 Å². The number of carbonyl (C=O) groups is 2. The minimum atomic E-state index is -0.362. The van der Waals surface area contributed by atoms with Gasteiger partial charge in [-0.3, -0.25) is 4.79 Å². The Balaban J connectivity index is 2.62. The predicted molar refractivity (Wildman–Crippen MR) is 85.5 cm³/mol. The van der Waals surface area contributed by atoms with Crippen LogP contribution in [0.25, 0.3) is 0 Å². The summed E-state index contributed by atoms with van der Waals surface area (Å²) in [5.74, 6) is -0.282. The molecule has 7 heteroatoms. The topological polar surface area (TPSA) is 74.3 Å². The van der Waals surface area contributed by atoms with Crippen molar-refractivity contribution in [3.63, 3.8) is 0 Å². The Morgan fingerprint density at radius 3 is 2.62 bits per heavy atom. The van der Waals surface area contributed by atoms with E-state index in [4.69, 9.17) is 0 Å². The van der Waals surface area contributed by atoms with Crippen LogP contribution in [0, 0.1) is 6.92 Å². The molecule has 0 spiro atoms. The van der Waals surface area contributed by atoms with Gasteiger partial charge in [-0.1, -0.05) is 6.08 Å². The number of amides is 3. The lowest BCUT2D eigenvalue weighted by atomic mass is 10.1. The molecule has 0 aliphatic heterocycles. The molecule has 1 aromatic rings. The van der Waals surface area contributed by atoms with Crippen LogP contribution in [0.2, 0.25) is 0 Å². The number of nitrogens with one attached hydrogen (secondary N) is 2. The number of hydrogen-bond donors (Lipinski definition) is 2. The number of urea groups is 1. The molecule has 0 radical (unpaired) electrons. The van der Waals surface area contributed by atoms with Crippen LogP contribution < -0.4 is 10.6 Å². The molecule has 0 fully saturated rings. The van der Waals surface area contributed by atoms with Gasteiger partial charge in [-0.2, -0.15) is 0 Å². The van der Waals surface area contributed by atoms with E-state index in [1.807, 2.05) is 27.7 Å². The van der Waals surface area contributed by atoms with Gasteiger partial charge in [-0.05, 0) is 27.7 Å². The van der Waals surface area contributed by atoms with E-state index in [0.717, 1.165) is 4.88 Å². The van der Waals surface area contributed by atoms with Crippen LogP contribution in [-0.2, 0) is 4.79 Å². The van der Waals surface area contributed by atoms with Crippen molar-refractivity contribution in [3.05, 3.63) is 23.7 Å². The maximum Gasteiger partial charge on any atom is 0.318 e. The second-order valence-corrected chi connectivity index (χ2v) is 6.91. The highest BCUT2D eigenvalue weighted by molar-refractivity contribution is 7.15. The van der Waals surface area contributed by atoms with E-state index in [1.54, 1.807) is 12.3 Å². The van der Waals surface area contributed by atoms with E-state index in [1.165, 1.54) is 16.2 Å². The van der Waals surface area contributed by atoms with Crippen molar-refractivity contribution in [3.8, 4) is 0 Å². The fourth-order valence-electron chi connectivity index (χ4n) is 1.52. The summed E-state index contributed by atoms with van der Waals surface area (Å²) in [7, 11) is 0. The van der Waals surface area contributed by atoms with Gasteiger partial charge in [-0.25, -0.2) is 9.78 Å². The van der Waals surface area contributed by atoms with Gasteiger partial charge in [0.2, 0.25) is 5.91 Å². The van der Waals surface area contributed by atoms with Crippen LogP contribution in [0.15, 0.2) is 18.9 Å². The second-order valence-electron chi connectivity index (χ2n) is 5.67. The number of thiazole rings is 1. The lowest BCUT2D eigenvalue weighted by Gasteiger charge is -2.27. The molecular formula is C14H22N4O2S. The van der Waals surface area contributed by atoms with Gasteiger partial charge in [0.15, 0.2) is 5.13 Å². The number of nitrogens with zero attached hydrogens (tertiary/aromatic N) is 2. The zero-order valence-corrected chi connectivity index (χ0v) is 13.7. The summed E-state index contributed by atoms with van der Waals surface area (Å²) in [4.78, 5) is 30.6. The maximum absolute atomic E-state index is 12.1. The number of hydrogen-bond acceptors (Lipinski definition) is 4. The predicted octanol–water partition coefficient (Wildman–Crippen LogP) is 2.39. The molecule has 1 aromatic heterocycles. The molecule has 116 valence electrons. The largest absolute Gasteiger partial charge is 0.333 e. The molecule has 0 aliphatic rings. The zero-order valence-electron chi connectivity index (χ0n) is 12.9. The highest BCUT2D eigenvalue weighted by Gasteiger charge is 2.21. The number of rotatable bonds is 5. The Morgan fingerprint density at radius 2 is 2.14 bits per heavy atom. The van der Waals surface area contributed by atoms with Crippen molar-refractivity contribution >= 4 is 28.4 Å². The van der Waals surface area contributed by atoms with Crippen LogP contribution in [0.5, 0.6) is 0 Å². The molecule has 21 heavy (non-hydrogen) atoms. The Morgan fingerprint density at radius 1 is 1.48 bits per heavy atom. The standard InChI is InChI=1S/C14H22N4O2S/c1-6-7-18(13(20)17-14(3,4)5)9-11(19)16-12-15-8-10(2)21-12/h6,8H,1,7,9H2,2-5H3,(H,17,20)(H,15,16,19). The molecule has 1 heterocycles. The summed E-state index contributed by atoms with van der Waals surface area (Å²) in [6.07, 6.45) is 3.27. The molecule has 0 unspecified atom stereocenters. The SMILES string of the molecule is C=CCN(CC(=O)Nc1ncc(C)s1)C(=O)NC(C)(C)C. The smallest absolute Gasteiger partial charge is 0.318 e. The first kappa shape index (κ1) is 17.2. The molecule has 0 saturated heterocycles. The van der Waals surface area contributed by atoms with Crippen LogP contribution in [0.4, 0.5) is 9.93 Å². The molecule has 3 amide bonds. The van der Waals surface area contributed by atoms with Crippen molar-refractivity contribution < 1.29 is 9.59 Å². The molecular weight excluding hydrogens is 288 g/mol. The first-order valence-electron chi connectivity index (χ1n) is 6.61. The van der Waals surface area contributed by atoms with Crippen molar-refractivity contribution in [2.75, 3.05) is 18.4 Å². The van der Waals surface area contributed by atoms with Crippen LogP contribution in [0.1, 0.15) is 25.6 Å². The van der Waals surface area contributed by atoms with Gasteiger partial charge in [0, 0.05) is 23.2 Å². The van der Waals surface area contributed by atoms with Crippen LogP contribution in [0.3, 0.4) is 0 Å². The highest BCUT2D eigenvalue weighted by Crippen LogP contribution is 2.16. The second kappa shape index (κ2) is 7.21. The van der Waals surface area contributed by atoms with E-state index in [2.05, 4.69) is 22.2 Å². The Labute approximate surface area is 129 Å². The van der Waals surface area contributed by atoms with Gasteiger partial charge in [0.1, 0.15) is 6.54 Å². The summed E-state index contributed by atoms with van der Waals surface area (Å²) in [5.41, 5.74) is -0.362. The van der Waals surface area contributed by atoms with Gasteiger partial charge < -0.3 is 15.5 Å². The summed E-state index contributed by atoms with van der Waals surface area (Å²) in [6.45, 7) is 11.4. The number of anilines is 1. The first-order chi connectivity index (χ1) is 9.71. The molecule has 0 aromatic carbocycles. The molecule has 1 rings (SSSR count). The summed E-state index contributed by atoms with van der Waals surface area (Å²) in [6, 6.07) is -0.298. The third kappa shape index (κ3) is 6.40. The number of aryl methyl sites for hydroxylation is 1. The average molecular weight is 310 g/mol. The molecule has 0 atom stereocenters. The van der Waals surface area contributed by atoms with Crippen molar-refractivity contribution in [1.29, 1.82) is 0 Å². The van der Waals surface area contributed by atoms with E-state index in [0.29, 0.717) is 11.7 Å². The molecule has 0 saturated carbocycles. The fraction of sp³-hybridized carbons (Fsp3) is 0.500.